The lowest BCUT2D eigenvalue weighted by Gasteiger charge is -2.23. The summed E-state index contributed by atoms with van der Waals surface area (Å²) in [6.07, 6.45) is 2.08. The highest BCUT2D eigenvalue weighted by Crippen LogP contribution is 2.38. The van der Waals surface area contributed by atoms with Crippen molar-refractivity contribution in [3.05, 3.63) is 34.7 Å². The van der Waals surface area contributed by atoms with Gasteiger partial charge in [-0.1, -0.05) is 12.1 Å². The number of aryl methyl sites for hydroxylation is 1. The second kappa shape index (κ2) is 5.24. The molecule has 1 atom stereocenters. The molecule has 0 spiro atoms. The minimum Gasteiger partial charge on any atom is -0.324 e. The molecular formula is C16H19N3OS. The van der Waals surface area contributed by atoms with Crippen LogP contribution in [0, 0.1) is 12.8 Å². The number of carbonyl (C=O) groups is 1. The van der Waals surface area contributed by atoms with Crippen molar-refractivity contribution in [2.75, 3.05) is 5.32 Å². The molecule has 1 aliphatic carbocycles. The van der Waals surface area contributed by atoms with Crippen LogP contribution >= 0.6 is 11.3 Å². The number of nitrogens with two attached hydrogens (primary N) is 1. The van der Waals surface area contributed by atoms with Crippen LogP contribution in [0.5, 0.6) is 0 Å². The molecule has 1 amide bonds. The molecule has 4 nitrogen and oxygen atoms in total. The van der Waals surface area contributed by atoms with Gasteiger partial charge in [-0.2, -0.15) is 0 Å². The number of hydrogen-bond acceptors (Lipinski definition) is 4. The van der Waals surface area contributed by atoms with Crippen LogP contribution in [0.2, 0.25) is 0 Å². The van der Waals surface area contributed by atoms with E-state index in [1.807, 2.05) is 43.5 Å². The molecule has 5 heteroatoms. The zero-order chi connectivity index (χ0) is 15.0. The Morgan fingerprint density at radius 3 is 2.86 bits per heavy atom. The Balaban J connectivity index is 1.79. The molecule has 0 saturated heterocycles. The number of nitrogens with zero attached hydrogens (tertiary/aromatic N) is 1. The number of thiazole rings is 1. The second-order valence-corrected chi connectivity index (χ2v) is 6.91. The maximum absolute atomic E-state index is 12.3. The van der Waals surface area contributed by atoms with E-state index in [1.54, 1.807) is 11.3 Å². The summed E-state index contributed by atoms with van der Waals surface area (Å²) in [4.78, 5) is 16.8. The molecule has 1 aromatic heterocycles. The molecule has 0 bridgehead atoms. The van der Waals surface area contributed by atoms with E-state index < -0.39 is 5.54 Å². The molecule has 1 aromatic carbocycles. The van der Waals surface area contributed by atoms with Crippen molar-refractivity contribution < 1.29 is 4.79 Å². The first-order chi connectivity index (χ1) is 9.96. The van der Waals surface area contributed by atoms with Gasteiger partial charge in [-0.25, -0.2) is 4.98 Å². The summed E-state index contributed by atoms with van der Waals surface area (Å²) in [6, 6.07) is 7.73. The van der Waals surface area contributed by atoms with Gasteiger partial charge in [-0.3, -0.25) is 4.79 Å². The van der Waals surface area contributed by atoms with Gasteiger partial charge in [0.25, 0.3) is 0 Å². The molecule has 3 N–H and O–H groups in total. The number of aromatic nitrogens is 1. The van der Waals surface area contributed by atoms with Crippen LogP contribution in [0.4, 0.5) is 5.69 Å². The third kappa shape index (κ3) is 2.99. The van der Waals surface area contributed by atoms with E-state index in [1.165, 1.54) is 0 Å². The highest BCUT2D eigenvalue weighted by atomic mass is 32.1. The quantitative estimate of drug-likeness (QED) is 0.911. The van der Waals surface area contributed by atoms with Gasteiger partial charge in [0.2, 0.25) is 5.91 Å². The third-order valence-electron chi connectivity index (χ3n) is 3.95. The van der Waals surface area contributed by atoms with E-state index >= 15 is 0 Å². The smallest absolute Gasteiger partial charge is 0.244 e. The number of nitrogens with one attached hydrogen (secondary N) is 1. The first-order valence-corrected chi connectivity index (χ1v) is 7.97. The zero-order valence-corrected chi connectivity index (χ0v) is 13.0. The average Bonchev–Trinajstić information content (AvgIpc) is 3.22. The van der Waals surface area contributed by atoms with Gasteiger partial charge in [0.1, 0.15) is 0 Å². The Bertz CT molecular complexity index is 674. The lowest BCUT2D eigenvalue weighted by molar-refractivity contribution is -0.121. The Labute approximate surface area is 128 Å². The summed E-state index contributed by atoms with van der Waals surface area (Å²) in [5, 5.41) is 5.98. The Morgan fingerprint density at radius 2 is 2.24 bits per heavy atom. The van der Waals surface area contributed by atoms with Crippen LogP contribution in [0.15, 0.2) is 29.6 Å². The number of anilines is 1. The number of amides is 1. The summed E-state index contributed by atoms with van der Waals surface area (Å²) in [5.74, 6) is 0.193. The summed E-state index contributed by atoms with van der Waals surface area (Å²) in [5.41, 5.74) is 8.06. The molecule has 1 unspecified atom stereocenters. The van der Waals surface area contributed by atoms with Crippen molar-refractivity contribution in [1.82, 2.24) is 4.98 Å². The standard InChI is InChI=1S/C16H19N3OS/c1-10-18-14(9-21-10)11-4-3-5-13(8-11)19-15(20)16(2,17)12-6-7-12/h3-5,8-9,12H,6-7,17H2,1-2H3,(H,19,20). The topological polar surface area (TPSA) is 68.0 Å². The van der Waals surface area contributed by atoms with Gasteiger partial charge in [0.15, 0.2) is 0 Å². The monoisotopic (exact) mass is 301 g/mol. The van der Waals surface area contributed by atoms with Crippen molar-refractivity contribution >= 4 is 22.9 Å². The zero-order valence-electron chi connectivity index (χ0n) is 12.2. The molecule has 0 radical (unpaired) electrons. The van der Waals surface area contributed by atoms with Crippen molar-refractivity contribution in [2.45, 2.75) is 32.2 Å². The average molecular weight is 301 g/mol. The van der Waals surface area contributed by atoms with E-state index in [0.717, 1.165) is 34.8 Å². The second-order valence-electron chi connectivity index (χ2n) is 5.84. The van der Waals surface area contributed by atoms with Crippen LogP contribution in [-0.2, 0) is 4.79 Å². The molecule has 3 rings (SSSR count). The molecular weight excluding hydrogens is 282 g/mol. The van der Waals surface area contributed by atoms with Gasteiger partial charge >= 0.3 is 0 Å². The van der Waals surface area contributed by atoms with Crippen LogP contribution in [0.3, 0.4) is 0 Å². The minimum atomic E-state index is -0.785. The molecule has 21 heavy (non-hydrogen) atoms. The maximum atomic E-state index is 12.3. The van der Waals surface area contributed by atoms with Crippen molar-refractivity contribution in [3.63, 3.8) is 0 Å². The lowest BCUT2D eigenvalue weighted by atomic mass is 9.96. The summed E-state index contributed by atoms with van der Waals surface area (Å²) >= 11 is 1.62. The summed E-state index contributed by atoms with van der Waals surface area (Å²) in [7, 11) is 0. The van der Waals surface area contributed by atoms with Gasteiger partial charge in [-0.15, -0.1) is 11.3 Å². The molecule has 1 fully saturated rings. The van der Waals surface area contributed by atoms with Gasteiger partial charge in [-0.05, 0) is 44.7 Å². The number of rotatable bonds is 4. The van der Waals surface area contributed by atoms with Crippen LogP contribution < -0.4 is 11.1 Å². The fourth-order valence-corrected chi connectivity index (χ4v) is 3.01. The fraction of sp³-hybridized carbons (Fsp3) is 0.375. The van der Waals surface area contributed by atoms with Crippen LogP contribution in [0.1, 0.15) is 24.8 Å². The summed E-state index contributed by atoms with van der Waals surface area (Å²) < 4.78 is 0. The fourth-order valence-electron chi connectivity index (χ4n) is 2.39. The first-order valence-electron chi connectivity index (χ1n) is 7.10. The van der Waals surface area contributed by atoms with E-state index in [4.69, 9.17) is 5.73 Å². The summed E-state index contributed by atoms with van der Waals surface area (Å²) in [6.45, 7) is 3.79. The molecule has 1 aliphatic rings. The lowest BCUT2D eigenvalue weighted by Crippen LogP contribution is -2.50. The van der Waals surface area contributed by atoms with Crippen molar-refractivity contribution in [2.24, 2.45) is 11.7 Å². The van der Waals surface area contributed by atoms with Crippen LogP contribution in [-0.4, -0.2) is 16.4 Å². The molecule has 0 aliphatic heterocycles. The Hall–Kier alpha value is -1.72. The van der Waals surface area contributed by atoms with Crippen molar-refractivity contribution in [1.29, 1.82) is 0 Å². The number of hydrogen-bond donors (Lipinski definition) is 2. The predicted octanol–water partition coefficient (Wildman–Crippen LogP) is 3.18. The molecule has 110 valence electrons. The highest BCUT2D eigenvalue weighted by Gasteiger charge is 2.44. The minimum absolute atomic E-state index is 0.114. The highest BCUT2D eigenvalue weighted by molar-refractivity contribution is 7.09. The van der Waals surface area contributed by atoms with E-state index in [2.05, 4.69) is 10.3 Å². The normalized spacial score (nSPS) is 17.3. The van der Waals surface area contributed by atoms with Gasteiger partial charge < -0.3 is 11.1 Å². The predicted molar refractivity (Wildman–Crippen MR) is 86.2 cm³/mol. The molecule has 1 saturated carbocycles. The van der Waals surface area contributed by atoms with E-state index in [-0.39, 0.29) is 5.91 Å². The van der Waals surface area contributed by atoms with E-state index in [9.17, 15) is 4.79 Å². The van der Waals surface area contributed by atoms with E-state index in [0.29, 0.717) is 5.92 Å². The third-order valence-corrected chi connectivity index (χ3v) is 4.72. The SMILES string of the molecule is Cc1nc(-c2cccc(NC(=O)C(C)(N)C3CC3)c2)cs1. The Kier molecular flexibility index (Phi) is 3.55. The molecule has 1 heterocycles. The maximum Gasteiger partial charge on any atom is 0.244 e. The Morgan fingerprint density at radius 1 is 1.48 bits per heavy atom. The molecule has 2 aromatic rings. The largest absolute Gasteiger partial charge is 0.324 e. The first kappa shape index (κ1) is 14.2. The van der Waals surface area contributed by atoms with Crippen molar-refractivity contribution in [3.8, 4) is 11.3 Å². The van der Waals surface area contributed by atoms with Gasteiger partial charge in [0, 0.05) is 16.6 Å². The number of carbonyl (C=O) groups excluding carboxylic acids is 1. The number of benzene rings is 1. The van der Waals surface area contributed by atoms with Gasteiger partial charge in [0.05, 0.1) is 16.2 Å². The van der Waals surface area contributed by atoms with Crippen LogP contribution in [0.25, 0.3) is 11.3 Å².